The maximum atomic E-state index is 13.9. The van der Waals surface area contributed by atoms with Crippen LogP contribution in [-0.2, 0) is 14.6 Å². The summed E-state index contributed by atoms with van der Waals surface area (Å²) in [5.74, 6) is -2.58. The van der Waals surface area contributed by atoms with Crippen molar-refractivity contribution in [2.24, 2.45) is 0 Å². The second-order valence-electron chi connectivity index (χ2n) is 7.22. The Morgan fingerprint density at radius 2 is 1.81 bits per heavy atom. The highest BCUT2D eigenvalue weighted by Crippen LogP contribution is 2.29. The van der Waals surface area contributed by atoms with E-state index in [2.05, 4.69) is 5.32 Å². The van der Waals surface area contributed by atoms with Crippen LogP contribution in [0.15, 0.2) is 23.1 Å². The predicted octanol–water partition coefficient (Wildman–Crippen LogP) is 1.97. The Morgan fingerprint density at radius 1 is 1.22 bits per heavy atom. The maximum absolute atomic E-state index is 13.9. The number of fused-ring (bicyclic) bond motifs is 2. The number of carbonyl (C=O) groups excluding carboxylic acids is 2. The van der Waals surface area contributed by atoms with Gasteiger partial charge in [-0.15, -0.1) is 12.4 Å². The molecule has 2 unspecified atom stereocenters. The second-order valence-corrected chi connectivity index (χ2v) is 9.21. The van der Waals surface area contributed by atoms with Gasteiger partial charge in [-0.05, 0) is 50.8 Å². The molecule has 1 aromatic rings. The molecule has 1 N–H and O–H groups in total. The zero-order valence-corrected chi connectivity index (χ0v) is 16.9. The average molecular weight is 419 g/mol. The topological polar surface area (TPSA) is 83.5 Å². The second kappa shape index (κ2) is 8.24. The molecule has 27 heavy (non-hydrogen) atoms. The summed E-state index contributed by atoms with van der Waals surface area (Å²) in [5, 5.41) is 3.48. The Bertz CT molecular complexity index is 834. The molecule has 9 heteroatoms. The zero-order valence-electron chi connectivity index (χ0n) is 15.3. The van der Waals surface area contributed by atoms with Gasteiger partial charge in [-0.3, -0.25) is 9.59 Å². The number of Topliss-reactive ketones (excluding diaryl/α,β-unsaturated/α-hetero) is 1. The molecule has 2 fully saturated rings. The SMILES string of the molecule is CC(=O)c1ccc(S(=O)(=O)CC(=O)N(C)C2CC3CCC(C2)N3)cc1F.Cl. The van der Waals surface area contributed by atoms with Gasteiger partial charge in [0.15, 0.2) is 15.6 Å². The normalized spacial score (nSPS) is 24.2. The fourth-order valence-electron chi connectivity index (χ4n) is 3.87. The summed E-state index contributed by atoms with van der Waals surface area (Å²) >= 11 is 0. The molecule has 2 heterocycles. The third-order valence-electron chi connectivity index (χ3n) is 5.38. The minimum Gasteiger partial charge on any atom is -0.342 e. The lowest BCUT2D eigenvalue weighted by atomic mass is 9.98. The Hall–Kier alpha value is -1.51. The molecule has 1 amide bonds. The Kier molecular flexibility index (Phi) is 6.65. The largest absolute Gasteiger partial charge is 0.342 e. The van der Waals surface area contributed by atoms with Gasteiger partial charge in [0, 0.05) is 25.2 Å². The molecule has 2 aliphatic rings. The van der Waals surface area contributed by atoms with E-state index in [0.29, 0.717) is 12.1 Å². The summed E-state index contributed by atoms with van der Waals surface area (Å²) in [6, 6.07) is 3.92. The number of nitrogens with one attached hydrogen (secondary N) is 1. The number of hydrogen-bond acceptors (Lipinski definition) is 5. The number of piperidine rings is 1. The van der Waals surface area contributed by atoms with E-state index in [1.54, 1.807) is 7.05 Å². The molecule has 0 spiro atoms. The summed E-state index contributed by atoms with van der Waals surface area (Å²) in [4.78, 5) is 25.0. The Balaban J connectivity index is 0.00000261. The number of rotatable bonds is 5. The van der Waals surface area contributed by atoms with Crippen molar-refractivity contribution in [3.05, 3.63) is 29.6 Å². The average Bonchev–Trinajstić information content (AvgIpc) is 2.91. The van der Waals surface area contributed by atoms with E-state index in [1.807, 2.05) is 0 Å². The van der Waals surface area contributed by atoms with Crippen LogP contribution in [0.3, 0.4) is 0 Å². The Labute approximate surface area is 164 Å². The smallest absolute Gasteiger partial charge is 0.238 e. The van der Waals surface area contributed by atoms with Gasteiger partial charge >= 0.3 is 0 Å². The highest BCUT2D eigenvalue weighted by Gasteiger charge is 2.37. The van der Waals surface area contributed by atoms with Crippen molar-refractivity contribution >= 4 is 33.9 Å². The fourth-order valence-corrected chi connectivity index (χ4v) is 5.12. The molecule has 0 saturated carbocycles. The summed E-state index contributed by atoms with van der Waals surface area (Å²) in [5.41, 5.74) is -0.169. The molecule has 2 atom stereocenters. The van der Waals surface area contributed by atoms with Gasteiger partial charge in [-0.2, -0.15) is 0 Å². The fraction of sp³-hybridized carbons (Fsp3) is 0.556. The number of hydrogen-bond donors (Lipinski definition) is 1. The first-order chi connectivity index (χ1) is 12.2. The lowest BCUT2D eigenvalue weighted by molar-refractivity contribution is -0.129. The first kappa shape index (κ1) is 21.8. The number of carbonyl (C=O) groups is 2. The van der Waals surface area contributed by atoms with Gasteiger partial charge in [0.1, 0.15) is 11.6 Å². The van der Waals surface area contributed by atoms with Crippen LogP contribution in [0.25, 0.3) is 0 Å². The molecular formula is C18H24ClFN2O4S. The van der Waals surface area contributed by atoms with Crippen LogP contribution < -0.4 is 5.32 Å². The van der Waals surface area contributed by atoms with Crippen LogP contribution in [0.5, 0.6) is 0 Å². The van der Waals surface area contributed by atoms with E-state index in [4.69, 9.17) is 0 Å². The summed E-state index contributed by atoms with van der Waals surface area (Å²) in [6.45, 7) is 1.21. The lowest BCUT2D eigenvalue weighted by Crippen LogP contribution is -2.49. The van der Waals surface area contributed by atoms with Crippen LogP contribution in [0, 0.1) is 5.82 Å². The van der Waals surface area contributed by atoms with Gasteiger partial charge in [0.2, 0.25) is 5.91 Å². The Morgan fingerprint density at radius 3 is 2.33 bits per heavy atom. The molecule has 2 saturated heterocycles. The molecule has 2 bridgehead atoms. The molecule has 2 aliphatic heterocycles. The molecule has 3 rings (SSSR count). The first-order valence-corrected chi connectivity index (χ1v) is 10.4. The van der Waals surface area contributed by atoms with Crippen LogP contribution in [-0.4, -0.2) is 55.9 Å². The molecule has 0 radical (unpaired) electrons. The number of halogens is 2. The van der Waals surface area contributed by atoms with E-state index in [0.717, 1.165) is 37.8 Å². The van der Waals surface area contributed by atoms with Gasteiger partial charge in [0.05, 0.1) is 10.5 Å². The maximum Gasteiger partial charge on any atom is 0.238 e. The molecule has 6 nitrogen and oxygen atoms in total. The van der Waals surface area contributed by atoms with Gasteiger partial charge in [0.25, 0.3) is 0 Å². The van der Waals surface area contributed by atoms with E-state index in [-0.39, 0.29) is 28.9 Å². The van der Waals surface area contributed by atoms with E-state index < -0.39 is 33.1 Å². The summed E-state index contributed by atoms with van der Waals surface area (Å²) < 4.78 is 38.9. The minimum atomic E-state index is -3.98. The van der Waals surface area contributed by atoms with Gasteiger partial charge in [-0.25, -0.2) is 12.8 Å². The zero-order chi connectivity index (χ0) is 19.1. The number of ketones is 1. The van der Waals surface area contributed by atoms with Crippen LogP contribution >= 0.6 is 12.4 Å². The third-order valence-corrected chi connectivity index (χ3v) is 6.98. The quantitative estimate of drug-likeness (QED) is 0.739. The predicted molar refractivity (Wildman–Crippen MR) is 101 cm³/mol. The number of benzene rings is 1. The standard InChI is InChI=1S/C18H23FN2O4S.ClH/c1-11(22)16-6-5-15(9-17(16)19)26(24,25)10-18(23)21(2)14-7-12-3-4-13(8-14)20-12;/h5-6,9,12-14,20H,3-4,7-8,10H2,1-2H3;1H. The van der Waals surface area contributed by atoms with Crippen molar-refractivity contribution in [2.45, 2.75) is 55.6 Å². The van der Waals surface area contributed by atoms with Crippen molar-refractivity contribution in [2.75, 3.05) is 12.8 Å². The summed E-state index contributed by atoms with van der Waals surface area (Å²) in [7, 11) is -2.35. The minimum absolute atomic E-state index is 0. The van der Waals surface area contributed by atoms with E-state index in [9.17, 15) is 22.4 Å². The number of sulfone groups is 1. The molecular weight excluding hydrogens is 395 g/mol. The monoisotopic (exact) mass is 418 g/mol. The number of nitrogens with zero attached hydrogens (tertiary/aromatic N) is 1. The van der Waals surface area contributed by atoms with E-state index in [1.165, 1.54) is 17.9 Å². The van der Waals surface area contributed by atoms with Gasteiger partial charge < -0.3 is 10.2 Å². The van der Waals surface area contributed by atoms with E-state index >= 15 is 0 Å². The van der Waals surface area contributed by atoms with Crippen molar-refractivity contribution in [1.82, 2.24) is 10.2 Å². The highest BCUT2D eigenvalue weighted by molar-refractivity contribution is 7.92. The number of amides is 1. The van der Waals surface area contributed by atoms with Crippen molar-refractivity contribution in [1.29, 1.82) is 0 Å². The van der Waals surface area contributed by atoms with Crippen molar-refractivity contribution in [3.63, 3.8) is 0 Å². The van der Waals surface area contributed by atoms with Crippen molar-refractivity contribution < 1.29 is 22.4 Å². The van der Waals surface area contributed by atoms with Crippen LogP contribution in [0.4, 0.5) is 4.39 Å². The van der Waals surface area contributed by atoms with Gasteiger partial charge in [-0.1, -0.05) is 0 Å². The van der Waals surface area contributed by atoms with Crippen LogP contribution in [0.2, 0.25) is 0 Å². The molecule has 0 aliphatic carbocycles. The first-order valence-electron chi connectivity index (χ1n) is 8.72. The van der Waals surface area contributed by atoms with Crippen molar-refractivity contribution in [3.8, 4) is 0 Å². The highest BCUT2D eigenvalue weighted by atomic mass is 35.5. The summed E-state index contributed by atoms with van der Waals surface area (Å²) in [6.07, 6.45) is 3.81. The lowest BCUT2D eigenvalue weighted by Gasteiger charge is -2.35. The third kappa shape index (κ3) is 4.67. The van der Waals surface area contributed by atoms with Crippen LogP contribution in [0.1, 0.15) is 43.0 Å². The molecule has 0 aromatic heterocycles. The molecule has 1 aromatic carbocycles. The molecule has 150 valence electrons.